The highest BCUT2D eigenvalue weighted by Gasteiger charge is 2.19. The third-order valence-corrected chi connectivity index (χ3v) is 3.80. The summed E-state index contributed by atoms with van der Waals surface area (Å²) in [7, 11) is 1.67. The molecule has 2 heterocycles. The second kappa shape index (κ2) is 5.41. The van der Waals surface area contributed by atoms with Crippen LogP contribution in [0.4, 0.5) is 11.6 Å². The molecule has 0 unspecified atom stereocenters. The van der Waals surface area contributed by atoms with Crippen LogP contribution >= 0.6 is 11.8 Å². The monoisotopic (exact) mass is 301 g/mol. The summed E-state index contributed by atoms with van der Waals surface area (Å²) in [5, 5.41) is 16.0. The fourth-order valence-corrected chi connectivity index (χ4v) is 2.81. The van der Waals surface area contributed by atoms with Crippen LogP contribution < -0.4 is 5.32 Å². The maximum Gasteiger partial charge on any atom is 0.320 e. The first-order chi connectivity index (χ1) is 10.2. The molecule has 0 aliphatic heterocycles. The second-order valence-electron chi connectivity index (χ2n) is 4.21. The first-order valence-corrected chi connectivity index (χ1v) is 6.94. The number of nitrogens with one attached hydrogen (secondary N) is 2. The largest absolute Gasteiger partial charge is 0.357 e. The van der Waals surface area contributed by atoms with Gasteiger partial charge in [0.25, 0.3) is 0 Å². The van der Waals surface area contributed by atoms with Gasteiger partial charge in [-0.3, -0.25) is 10.1 Å². The van der Waals surface area contributed by atoms with Gasteiger partial charge in [-0.1, -0.05) is 18.2 Å². The maximum atomic E-state index is 11.1. The van der Waals surface area contributed by atoms with Crippen LogP contribution in [-0.4, -0.2) is 26.9 Å². The molecule has 0 atom stereocenters. The van der Waals surface area contributed by atoms with Crippen molar-refractivity contribution in [2.45, 2.75) is 10.1 Å². The first kappa shape index (κ1) is 13.4. The third kappa shape index (κ3) is 2.65. The van der Waals surface area contributed by atoms with Crippen LogP contribution in [0.2, 0.25) is 0 Å². The summed E-state index contributed by atoms with van der Waals surface area (Å²) < 4.78 is 0. The van der Waals surface area contributed by atoms with E-state index in [4.69, 9.17) is 0 Å². The van der Waals surface area contributed by atoms with E-state index in [9.17, 15) is 10.1 Å². The predicted molar refractivity (Wildman–Crippen MR) is 80.7 cm³/mol. The molecule has 7 nitrogen and oxygen atoms in total. The van der Waals surface area contributed by atoms with Crippen LogP contribution in [0.25, 0.3) is 10.9 Å². The summed E-state index contributed by atoms with van der Waals surface area (Å²) in [6, 6.07) is 9.73. The Hall–Kier alpha value is -2.61. The summed E-state index contributed by atoms with van der Waals surface area (Å²) >= 11 is 1.21. The highest BCUT2D eigenvalue weighted by Crippen LogP contribution is 2.34. The van der Waals surface area contributed by atoms with Crippen molar-refractivity contribution in [2.75, 3.05) is 12.4 Å². The van der Waals surface area contributed by atoms with Gasteiger partial charge in [-0.2, -0.15) is 4.98 Å². The zero-order valence-corrected chi connectivity index (χ0v) is 11.8. The zero-order valence-electron chi connectivity index (χ0n) is 11.0. The molecule has 1 aromatic carbocycles. The summed E-state index contributed by atoms with van der Waals surface area (Å²) in [4.78, 5) is 21.8. The van der Waals surface area contributed by atoms with Crippen molar-refractivity contribution < 1.29 is 4.92 Å². The molecule has 106 valence electrons. The van der Waals surface area contributed by atoms with Gasteiger partial charge in [0.15, 0.2) is 5.03 Å². The first-order valence-electron chi connectivity index (χ1n) is 6.12. The van der Waals surface area contributed by atoms with Crippen molar-refractivity contribution in [3.63, 3.8) is 0 Å². The second-order valence-corrected chi connectivity index (χ2v) is 5.24. The van der Waals surface area contributed by atoms with Gasteiger partial charge in [0.2, 0.25) is 5.95 Å². The van der Waals surface area contributed by atoms with E-state index in [2.05, 4.69) is 20.3 Å². The van der Waals surface area contributed by atoms with Crippen molar-refractivity contribution in [3.05, 3.63) is 46.6 Å². The Morgan fingerprint density at radius 1 is 1.38 bits per heavy atom. The summed E-state index contributed by atoms with van der Waals surface area (Å²) in [5.41, 5.74) is 0.864. The van der Waals surface area contributed by atoms with E-state index in [-0.39, 0.29) is 5.69 Å². The number of hydrogen-bond acceptors (Lipinski definition) is 6. The SMILES string of the molecule is CNc1ncc([N+](=O)[O-])c(Sc2cc3ccccc3[nH]2)n1. The van der Waals surface area contributed by atoms with E-state index >= 15 is 0 Å². The van der Waals surface area contributed by atoms with Gasteiger partial charge in [-0.05, 0) is 23.9 Å². The number of aromatic amines is 1. The van der Waals surface area contributed by atoms with Crippen LogP contribution in [-0.2, 0) is 0 Å². The van der Waals surface area contributed by atoms with Crippen LogP contribution in [0.15, 0.2) is 46.6 Å². The Kier molecular flexibility index (Phi) is 3.44. The van der Waals surface area contributed by atoms with Crippen LogP contribution in [0, 0.1) is 10.1 Å². The fourth-order valence-electron chi connectivity index (χ4n) is 1.89. The molecule has 0 saturated carbocycles. The molecule has 0 radical (unpaired) electrons. The molecule has 0 bridgehead atoms. The Balaban J connectivity index is 2.01. The third-order valence-electron chi connectivity index (χ3n) is 2.87. The smallest absolute Gasteiger partial charge is 0.320 e. The Morgan fingerprint density at radius 3 is 2.90 bits per heavy atom. The van der Waals surface area contributed by atoms with Gasteiger partial charge in [0.05, 0.1) is 9.95 Å². The lowest BCUT2D eigenvalue weighted by atomic mass is 10.3. The minimum atomic E-state index is -0.482. The van der Waals surface area contributed by atoms with Crippen molar-refractivity contribution in [3.8, 4) is 0 Å². The molecular formula is C13H11N5O2S. The average molecular weight is 301 g/mol. The lowest BCUT2D eigenvalue weighted by Crippen LogP contribution is -2.00. The molecule has 0 aliphatic carbocycles. The molecule has 0 spiro atoms. The molecule has 3 rings (SSSR count). The Bertz CT molecular complexity index is 784. The van der Waals surface area contributed by atoms with E-state index in [1.807, 2.05) is 30.3 Å². The molecule has 0 amide bonds. The number of anilines is 1. The summed E-state index contributed by atoms with van der Waals surface area (Å²) in [6.45, 7) is 0. The standard InChI is InChI=1S/C13H11N5O2S/c1-14-13-15-7-10(18(19)20)12(17-13)21-11-6-8-4-2-3-5-9(8)16-11/h2-7,16H,1H3,(H,14,15,17). The lowest BCUT2D eigenvalue weighted by molar-refractivity contribution is -0.388. The molecule has 3 aromatic rings. The minimum Gasteiger partial charge on any atom is -0.357 e. The molecule has 2 aromatic heterocycles. The minimum absolute atomic E-state index is 0.113. The number of nitro groups is 1. The van der Waals surface area contributed by atoms with Gasteiger partial charge >= 0.3 is 5.69 Å². The highest BCUT2D eigenvalue weighted by molar-refractivity contribution is 7.99. The molecule has 2 N–H and O–H groups in total. The number of hydrogen-bond donors (Lipinski definition) is 2. The van der Waals surface area contributed by atoms with Crippen molar-refractivity contribution in [2.24, 2.45) is 0 Å². The van der Waals surface area contributed by atoms with Crippen molar-refractivity contribution in [1.82, 2.24) is 15.0 Å². The Morgan fingerprint density at radius 2 is 2.19 bits per heavy atom. The lowest BCUT2D eigenvalue weighted by Gasteiger charge is -2.02. The summed E-state index contributed by atoms with van der Waals surface area (Å²) in [6.07, 6.45) is 1.21. The number of nitrogens with zero attached hydrogens (tertiary/aromatic N) is 3. The molecule has 0 aliphatic rings. The molecule has 0 fully saturated rings. The average Bonchev–Trinajstić information content (AvgIpc) is 2.89. The van der Waals surface area contributed by atoms with Gasteiger partial charge in [0, 0.05) is 18.0 Å². The van der Waals surface area contributed by atoms with Gasteiger partial charge in [0.1, 0.15) is 6.20 Å². The van der Waals surface area contributed by atoms with E-state index < -0.39 is 4.92 Å². The highest BCUT2D eigenvalue weighted by atomic mass is 32.2. The zero-order chi connectivity index (χ0) is 14.8. The number of rotatable bonds is 4. The van der Waals surface area contributed by atoms with Crippen LogP contribution in [0.1, 0.15) is 0 Å². The molecule has 21 heavy (non-hydrogen) atoms. The number of benzene rings is 1. The number of fused-ring (bicyclic) bond motifs is 1. The van der Waals surface area contributed by atoms with Crippen molar-refractivity contribution >= 4 is 34.3 Å². The predicted octanol–water partition coefficient (Wildman–Crippen LogP) is 3.06. The topological polar surface area (TPSA) is 96.7 Å². The molecular weight excluding hydrogens is 290 g/mol. The van der Waals surface area contributed by atoms with Gasteiger partial charge in [-0.25, -0.2) is 4.98 Å². The molecule has 0 saturated heterocycles. The van der Waals surface area contributed by atoms with Crippen LogP contribution in [0.5, 0.6) is 0 Å². The molecule has 8 heteroatoms. The van der Waals surface area contributed by atoms with E-state index in [1.165, 1.54) is 18.0 Å². The fraction of sp³-hybridized carbons (Fsp3) is 0.0769. The number of para-hydroxylation sites is 1. The normalized spacial score (nSPS) is 10.7. The van der Waals surface area contributed by atoms with Gasteiger partial charge < -0.3 is 10.3 Å². The number of H-pyrrole nitrogens is 1. The van der Waals surface area contributed by atoms with Gasteiger partial charge in [-0.15, -0.1) is 0 Å². The maximum absolute atomic E-state index is 11.1. The Labute approximate surface area is 124 Å². The van der Waals surface area contributed by atoms with Crippen LogP contribution in [0.3, 0.4) is 0 Å². The number of aromatic nitrogens is 3. The quantitative estimate of drug-likeness (QED) is 0.437. The summed E-state index contributed by atoms with van der Waals surface area (Å²) in [5.74, 6) is 0.346. The van der Waals surface area contributed by atoms with E-state index in [0.29, 0.717) is 11.0 Å². The van der Waals surface area contributed by atoms with E-state index in [1.54, 1.807) is 7.05 Å². The van der Waals surface area contributed by atoms with Crippen molar-refractivity contribution in [1.29, 1.82) is 0 Å². The van der Waals surface area contributed by atoms with E-state index in [0.717, 1.165) is 15.9 Å².